The molecule has 2 unspecified atom stereocenters. The van der Waals surface area contributed by atoms with Gasteiger partial charge in [-0.3, -0.25) is 0 Å². The van der Waals surface area contributed by atoms with E-state index in [2.05, 4.69) is 9.97 Å². The summed E-state index contributed by atoms with van der Waals surface area (Å²) in [5, 5.41) is 0.108. The standard InChI is InChI=1S/C9H16N4O2S/c1-7-3-2-4-13(9(7)10)16(14,15)8-5-11-6-12-8/h5-7,9H,2-4,10H2,1H3,(H,11,12). The lowest BCUT2D eigenvalue weighted by Crippen LogP contribution is -2.52. The summed E-state index contributed by atoms with van der Waals surface area (Å²) in [7, 11) is -3.51. The van der Waals surface area contributed by atoms with Crippen LogP contribution in [0.25, 0.3) is 0 Å². The second kappa shape index (κ2) is 4.15. The van der Waals surface area contributed by atoms with Gasteiger partial charge in [0.1, 0.15) is 0 Å². The Morgan fingerprint density at radius 3 is 3.00 bits per heavy atom. The van der Waals surface area contributed by atoms with Crippen molar-refractivity contribution in [1.29, 1.82) is 0 Å². The SMILES string of the molecule is CC1CCCN(S(=O)(=O)c2cnc[nH]2)C1N. The highest BCUT2D eigenvalue weighted by atomic mass is 32.2. The Bertz CT molecular complexity index is 442. The molecule has 1 aliphatic rings. The van der Waals surface area contributed by atoms with E-state index in [1.54, 1.807) is 0 Å². The first kappa shape index (κ1) is 11.6. The molecule has 1 aliphatic heterocycles. The number of nitrogens with one attached hydrogen (secondary N) is 1. The molecule has 3 N–H and O–H groups in total. The van der Waals surface area contributed by atoms with E-state index in [1.807, 2.05) is 6.92 Å². The van der Waals surface area contributed by atoms with Crippen molar-refractivity contribution in [3.05, 3.63) is 12.5 Å². The van der Waals surface area contributed by atoms with Gasteiger partial charge in [0, 0.05) is 6.54 Å². The molecule has 1 aromatic rings. The Kier molecular flexibility index (Phi) is 3.00. The minimum absolute atomic E-state index is 0.108. The topological polar surface area (TPSA) is 92.1 Å². The molecule has 2 atom stereocenters. The molecule has 6 nitrogen and oxygen atoms in total. The highest BCUT2D eigenvalue weighted by Crippen LogP contribution is 2.25. The van der Waals surface area contributed by atoms with Gasteiger partial charge in [0.15, 0.2) is 5.03 Å². The Hall–Kier alpha value is -0.920. The summed E-state index contributed by atoms with van der Waals surface area (Å²) < 4.78 is 25.7. The first-order valence-corrected chi connectivity index (χ1v) is 6.73. The van der Waals surface area contributed by atoms with Crippen LogP contribution in [0.5, 0.6) is 0 Å². The van der Waals surface area contributed by atoms with Crippen LogP contribution >= 0.6 is 0 Å². The molecule has 2 rings (SSSR count). The first-order chi connectivity index (χ1) is 7.53. The predicted molar refractivity (Wildman–Crippen MR) is 58.9 cm³/mol. The van der Waals surface area contributed by atoms with Crippen LogP contribution in [0.15, 0.2) is 17.6 Å². The zero-order valence-corrected chi connectivity index (χ0v) is 9.94. The van der Waals surface area contributed by atoms with E-state index in [4.69, 9.17) is 5.73 Å². The van der Waals surface area contributed by atoms with Gasteiger partial charge in [0.2, 0.25) is 0 Å². The quantitative estimate of drug-likeness (QED) is 0.772. The van der Waals surface area contributed by atoms with Crippen LogP contribution in [0.1, 0.15) is 19.8 Å². The Morgan fingerprint density at radius 1 is 1.62 bits per heavy atom. The second-order valence-electron chi connectivity index (χ2n) is 4.14. The molecular formula is C9H16N4O2S. The molecule has 16 heavy (non-hydrogen) atoms. The molecule has 0 saturated carbocycles. The Balaban J connectivity index is 2.30. The van der Waals surface area contributed by atoms with Gasteiger partial charge in [-0.1, -0.05) is 6.92 Å². The van der Waals surface area contributed by atoms with Crippen molar-refractivity contribution < 1.29 is 8.42 Å². The number of aromatic nitrogens is 2. The number of imidazole rings is 1. The molecule has 0 aliphatic carbocycles. The van der Waals surface area contributed by atoms with Crippen LogP contribution in [0, 0.1) is 5.92 Å². The number of sulfonamides is 1. The molecule has 1 aromatic heterocycles. The Morgan fingerprint density at radius 2 is 2.38 bits per heavy atom. The van der Waals surface area contributed by atoms with E-state index in [9.17, 15) is 8.42 Å². The Labute approximate surface area is 94.9 Å². The summed E-state index contributed by atoms with van der Waals surface area (Å²) in [4.78, 5) is 6.34. The number of aromatic amines is 1. The van der Waals surface area contributed by atoms with E-state index in [-0.39, 0.29) is 10.9 Å². The summed E-state index contributed by atoms with van der Waals surface area (Å²) in [6, 6.07) is 0. The van der Waals surface area contributed by atoms with Crippen molar-refractivity contribution in [2.45, 2.75) is 31.0 Å². The monoisotopic (exact) mass is 244 g/mol. The normalized spacial score (nSPS) is 28.1. The number of nitrogens with two attached hydrogens (primary N) is 1. The second-order valence-corrected chi connectivity index (χ2v) is 6.00. The molecule has 90 valence electrons. The average Bonchev–Trinajstić information content (AvgIpc) is 2.75. The smallest absolute Gasteiger partial charge is 0.261 e. The minimum Gasteiger partial charge on any atom is -0.335 e. The van der Waals surface area contributed by atoms with Crippen LogP contribution in [0.2, 0.25) is 0 Å². The van der Waals surface area contributed by atoms with Crippen molar-refractivity contribution in [3.63, 3.8) is 0 Å². The zero-order chi connectivity index (χ0) is 11.8. The molecule has 1 saturated heterocycles. The fourth-order valence-corrected chi connectivity index (χ4v) is 3.51. The van der Waals surface area contributed by atoms with E-state index < -0.39 is 16.2 Å². The lowest BCUT2D eigenvalue weighted by molar-refractivity contribution is 0.192. The number of hydrogen-bond donors (Lipinski definition) is 2. The van der Waals surface area contributed by atoms with Gasteiger partial charge in [-0.05, 0) is 18.8 Å². The van der Waals surface area contributed by atoms with Crippen LogP contribution in [0.4, 0.5) is 0 Å². The van der Waals surface area contributed by atoms with Crippen LogP contribution in [-0.4, -0.2) is 35.4 Å². The lowest BCUT2D eigenvalue weighted by atomic mass is 9.99. The van der Waals surface area contributed by atoms with Gasteiger partial charge in [-0.2, -0.15) is 4.31 Å². The van der Waals surface area contributed by atoms with E-state index in [0.29, 0.717) is 6.54 Å². The maximum absolute atomic E-state index is 12.2. The number of piperidine rings is 1. The summed E-state index contributed by atoms with van der Waals surface area (Å²) in [5.41, 5.74) is 5.93. The van der Waals surface area contributed by atoms with Gasteiger partial charge in [-0.15, -0.1) is 0 Å². The number of nitrogens with zero attached hydrogens (tertiary/aromatic N) is 2. The molecule has 0 aromatic carbocycles. The van der Waals surface area contributed by atoms with E-state index in [1.165, 1.54) is 16.8 Å². The van der Waals surface area contributed by atoms with E-state index in [0.717, 1.165) is 12.8 Å². The highest BCUT2D eigenvalue weighted by Gasteiger charge is 2.35. The summed E-state index contributed by atoms with van der Waals surface area (Å²) in [6.45, 7) is 2.45. The van der Waals surface area contributed by atoms with Crippen molar-refractivity contribution >= 4 is 10.0 Å². The number of H-pyrrole nitrogens is 1. The van der Waals surface area contributed by atoms with Gasteiger partial charge in [-0.25, -0.2) is 13.4 Å². The zero-order valence-electron chi connectivity index (χ0n) is 9.13. The minimum atomic E-state index is -3.51. The third-order valence-electron chi connectivity index (χ3n) is 3.01. The van der Waals surface area contributed by atoms with Gasteiger partial charge < -0.3 is 10.7 Å². The maximum Gasteiger partial charge on any atom is 0.261 e. The van der Waals surface area contributed by atoms with Crippen LogP contribution in [0.3, 0.4) is 0 Å². The number of rotatable bonds is 2. The van der Waals surface area contributed by atoms with Gasteiger partial charge in [0.05, 0.1) is 18.7 Å². The third kappa shape index (κ3) is 1.85. The molecule has 0 amide bonds. The average molecular weight is 244 g/mol. The van der Waals surface area contributed by atoms with Gasteiger partial charge in [0.25, 0.3) is 10.0 Å². The molecule has 0 spiro atoms. The molecule has 1 fully saturated rings. The summed E-state index contributed by atoms with van der Waals surface area (Å²) in [5.74, 6) is 0.187. The summed E-state index contributed by atoms with van der Waals surface area (Å²) >= 11 is 0. The van der Waals surface area contributed by atoms with E-state index >= 15 is 0 Å². The van der Waals surface area contributed by atoms with Crippen molar-refractivity contribution in [2.24, 2.45) is 11.7 Å². The first-order valence-electron chi connectivity index (χ1n) is 5.29. The number of hydrogen-bond acceptors (Lipinski definition) is 4. The van der Waals surface area contributed by atoms with Crippen LogP contribution in [-0.2, 0) is 10.0 Å². The highest BCUT2D eigenvalue weighted by molar-refractivity contribution is 7.89. The fraction of sp³-hybridized carbons (Fsp3) is 0.667. The molecule has 2 heterocycles. The summed E-state index contributed by atoms with van der Waals surface area (Å²) in [6.07, 6.45) is 4.04. The maximum atomic E-state index is 12.2. The molecule has 0 radical (unpaired) electrons. The van der Waals surface area contributed by atoms with Crippen LogP contribution < -0.4 is 5.73 Å². The largest absolute Gasteiger partial charge is 0.335 e. The molecule has 0 bridgehead atoms. The molecular weight excluding hydrogens is 228 g/mol. The fourth-order valence-electron chi connectivity index (χ4n) is 1.96. The molecule has 7 heteroatoms. The van der Waals surface area contributed by atoms with Crippen molar-refractivity contribution in [1.82, 2.24) is 14.3 Å². The predicted octanol–water partition coefficient (Wildman–Crippen LogP) is 0.115. The lowest BCUT2D eigenvalue weighted by Gasteiger charge is -2.35. The van der Waals surface area contributed by atoms with Crippen molar-refractivity contribution in [3.8, 4) is 0 Å². The van der Waals surface area contributed by atoms with Crippen molar-refractivity contribution in [2.75, 3.05) is 6.54 Å². The van der Waals surface area contributed by atoms with Gasteiger partial charge >= 0.3 is 0 Å². The third-order valence-corrected chi connectivity index (χ3v) is 4.84.